The molecule has 0 radical (unpaired) electrons. The van der Waals surface area contributed by atoms with Gasteiger partial charge in [0.1, 0.15) is 0 Å². The normalized spacial score (nSPS) is 14.4. The lowest BCUT2D eigenvalue weighted by molar-refractivity contribution is -0.138. The number of rotatable bonds is 4. The number of hydrogen-bond donors (Lipinski definition) is 2. The van der Waals surface area contributed by atoms with Crippen LogP contribution in [0.25, 0.3) is 0 Å². The molecule has 0 aliphatic carbocycles. The Morgan fingerprint density at radius 3 is 2.20 bits per heavy atom. The van der Waals surface area contributed by atoms with Crippen LogP contribution in [0, 0.1) is 0 Å². The Labute approximate surface area is 119 Å². The van der Waals surface area contributed by atoms with E-state index in [4.69, 9.17) is 5.84 Å². The number of hydrazine groups is 1. The summed E-state index contributed by atoms with van der Waals surface area (Å²) in [4.78, 5) is 0. The molecule has 1 atom stereocenters. The predicted molar refractivity (Wildman–Crippen MR) is 64.5 cm³/mol. The average Bonchev–Trinajstić information content (AvgIpc) is 2.29. The van der Waals surface area contributed by atoms with E-state index in [1.54, 1.807) is 0 Å². The Balaban J connectivity index is 3.02. The molecule has 20 heavy (non-hydrogen) atoms. The van der Waals surface area contributed by atoms with Gasteiger partial charge in [-0.2, -0.15) is 26.3 Å². The van der Waals surface area contributed by atoms with Gasteiger partial charge in [0.25, 0.3) is 0 Å². The van der Waals surface area contributed by atoms with Crippen LogP contribution >= 0.6 is 15.9 Å². The molecular formula is C11H11BrF6N2. The highest BCUT2D eigenvalue weighted by Crippen LogP contribution is 2.36. The summed E-state index contributed by atoms with van der Waals surface area (Å²) in [7, 11) is 0. The lowest BCUT2D eigenvalue weighted by Crippen LogP contribution is -2.29. The molecule has 0 aliphatic heterocycles. The Bertz CT molecular complexity index is 457. The molecular weight excluding hydrogens is 354 g/mol. The van der Waals surface area contributed by atoms with E-state index in [1.807, 2.05) is 0 Å². The number of nitrogens with one attached hydrogen (secondary N) is 1. The first-order valence-corrected chi connectivity index (χ1v) is 6.23. The fraction of sp³-hybridized carbons (Fsp3) is 0.455. The monoisotopic (exact) mass is 364 g/mol. The molecule has 1 aromatic rings. The van der Waals surface area contributed by atoms with Crippen LogP contribution in [0.5, 0.6) is 0 Å². The highest BCUT2D eigenvalue weighted by molar-refractivity contribution is 9.10. The second-order valence-corrected chi connectivity index (χ2v) is 4.96. The van der Waals surface area contributed by atoms with E-state index < -0.39 is 36.8 Å². The molecule has 114 valence electrons. The Morgan fingerprint density at radius 2 is 1.75 bits per heavy atom. The van der Waals surface area contributed by atoms with Crippen molar-refractivity contribution < 1.29 is 26.3 Å². The summed E-state index contributed by atoms with van der Waals surface area (Å²) in [5.41, 5.74) is 1.21. The average molecular weight is 365 g/mol. The molecule has 3 N–H and O–H groups in total. The summed E-state index contributed by atoms with van der Waals surface area (Å²) < 4.78 is 74.6. The van der Waals surface area contributed by atoms with Gasteiger partial charge in [-0.1, -0.05) is 15.9 Å². The lowest BCUT2D eigenvalue weighted by atomic mass is 10.00. The summed E-state index contributed by atoms with van der Waals surface area (Å²) in [6, 6.07) is 1.72. The smallest absolute Gasteiger partial charge is 0.271 e. The van der Waals surface area contributed by atoms with Gasteiger partial charge in [0.05, 0.1) is 5.56 Å². The summed E-state index contributed by atoms with van der Waals surface area (Å²) >= 11 is 3.01. The van der Waals surface area contributed by atoms with E-state index >= 15 is 0 Å². The van der Waals surface area contributed by atoms with Crippen LogP contribution in [-0.4, -0.2) is 6.18 Å². The molecule has 0 spiro atoms. The van der Waals surface area contributed by atoms with Crippen LogP contribution in [0.4, 0.5) is 26.3 Å². The van der Waals surface area contributed by atoms with Crippen molar-refractivity contribution in [2.45, 2.75) is 31.2 Å². The number of hydrogen-bond acceptors (Lipinski definition) is 2. The Morgan fingerprint density at radius 1 is 1.15 bits per heavy atom. The van der Waals surface area contributed by atoms with E-state index in [9.17, 15) is 26.3 Å². The molecule has 0 aliphatic rings. The summed E-state index contributed by atoms with van der Waals surface area (Å²) in [6.45, 7) is 0. The molecule has 2 nitrogen and oxygen atoms in total. The zero-order valence-corrected chi connectivity index (χ0v) is 11.5. The molecule has 1 rings (SSSR count). The summed E-state index contributed by atoms with van der Waals surface area (Å²) in [6.07, 6.45) is -10.6. The highest BCUT2D eigenvalue weighted by Gasteiger charge is 2.33. The molecule has 0 bridgehead atoms. The maximum Gasteiger partial charge on any atom is 0.416 e. The predicted octanol–water partition coefficient (Wildman–Crippen LogP) is 4.31. The van der Waals surface area contributed by atoms with Gasteiger partial charge >= 0.3 is 12.4 Å². The first-order valence-electron chi connectivity index (χ1n) is 5.44. The van der Waals surface area contributed by atoms with Gasteiger partial charge in [0.15, 0.2) is 0 Å². The molecule has 9 heteroatoms. The zero-order valence-electron chi connectivity index (χ0n) is 9.95. The largest absolute Gasteiger partial charge is 0.416 e. The van der Waals surface area contributed by atoms with Crippen molar-refractivity contribution in [1.29, 1.82) is 0 Å². The Hall–Kier alpha value is -0.800. The van der Waals surface area contributed by atoms with E-state index in [0.717, 1.165) is 18.2 Å². The van der Waals surface area contributed by atoms with Gasteiger partial charge in [0, 0.05) is 16.9 Å². The van der Waals surface area contributed by atoms with Crippen LogP contribution in [0.15, 0.2) is 22.7 Å². The molecule has 1 aromatic carbocycles. The van der Waals surface area contributed by atoms with Crippen molar-refractivity contribution in [2.75, 3.05) is 0 Å². The third-order valence-corrected chi connectivity index (χ3v) is 3.34. The van der Waals surface area contributed by atoms with Gasteiger partial charge in [-0.15, -0.1) is 0 Å². The van der Waals surface area contributed by atoms with Gasteiger partial charge in [-0.3, -0.25) is 11.3 Å². The van der Waals surface area contributed by atoms with Crippen molar-refractivity contribution >= 4 is 15.9 Å². The van der Waals surface area contributed by atoms with E-state index in [2.05, 4.69) is 21.4 Å². The van der Waals surface area contributed by atoms with Crippen LogP contribution in [0.2, 0.25) is 0 Å². The highest BCUT2D eigenvalue weighted by atomic mass is 79.9. The van der Waals surface area contributed by atoms with E-state index in [0.29, 0.717) is 0 Å². The standard InChI is InChI=1S/C11H11BrF6N2/c12-8-2-1-6(11(16,17)18)5-7(8)9(20-19)3-4-10(13,14)15/h1-2,5,9,20H,3-4,19H2. The quantitative estimate of drug-likeness (QED) is 0.474. The number of nitrogens with two attached hydrogens (primary N) is 1. The number of alkyl halides is 6. The fourth-order valence-electron chi connectivity index (χ4n) is 1.62. The van der Waals surface area contributed by atoms with E-state index in [1.165, 1.54) is 0 Å². The van der Waals surface area contributed by atoms with Crippen molar-refractivity contribution in [3.63, 3.8) is 0 Å². The molecule has 0 heterocycles. The second kappa shape index (κ2) is 6.31. The molecule has 0 aromatic heterocycles. The van der Waals surface area contributed by atoms with E-state index in [-0.39, 0.29) is 10.0 Å². The van der Waals surface area contributed by atoms with Gasteiger partial charge in [-0.25, -0.2) is 0 Å². The SMILES string of the molecule is NNC(CCC(F)(F)F)c1cc(C(F)(F)F)ccc1Br. The van der Waals surface area contributed by atoms with Crippen LogP contribution < -0.4 is 11.3 Å². The lowest BCUT2D eigenvalue weighted by Gasteiger charge is -2.20. The first kappa shape index (κ1) is 17.3. The molecule has 0 fully saturated rings. The van der Waals surface area contributed by atoms with Gasteiger partial charge < -0.3 is 0 Å². The minimum atomic E-state index is -4.57. The topological polar surface area (TPSA) is 38.0 Å². The zero-order chi connectivity index (χ0) is 15.6. The minimum Gasteiger partial charge on any atom is -0.271 e. The van der Waals surface area contributed by atoms with Crippen molar-refractivity contribution in [1.82, 2.24) is 5.43 Å². The minimum absolute atomic E-state index is 0.0339. The van der Waals surface area contributed by atoms with Crippen LogP contribution in [-0.2, 0) is 6.18 Å². The third kappa shape index (κ3) is 4.95. The van der Waals surface area contributed by atoms with Crippen molar-refractivity contribution in [3.8, 4) is 0 Å². The number of benzene rings is 1. The maximum absolute atomic E-state index is 12.6. The molecule has 0 saturated carbocycles. The van der Waals surface area contributed by atoms with Crippen LogP contribution in [0.1, 0.15) is 30.0 Å². The second-order valence-electron chi connectivity index (χ2n) is 4.11. The maximum atomic E-state index is 12.6. The van der Waals surface area contributed by atoms with Crippen molar-refractivity contribution in [2.24, 2.45) is 5.84 Å². The number of halogens is 7. The molecule has 0 saturated heterocycles. The molecule has 0 amide bonds. The summed E-state index contributed by atoms with van der Waals surface area (Å²) in [5, 5.41) is 0. The van der Waals surface area contributed by atoms with Gasteiger partial charge in [0.2, 0.25) is 0 Å². The Kier molecular flexibility index (Phi) is 5.45. The van der Waals surface area contributed by atoms with Gasteiger partial charge in [-0.05, 0) is 30.2 Å². The first-order chi connectivity index (χ1) is 9.04. The fourth-order valence-corrected chi connectivity index (χ4v) is 2.15. The summed E-state index contributed by atoms with van der Waals surface area (Å²) in [5.74, 6) is 5.14. The third-order valence-electron chi connectivity index (χ3n) is 2.62. The van der Waals surface area contributed by atoms with Crippen LogP contribution in [0.3, 0.4) is 0 Å². The molecule has 1 unspecified atom stereocenters. The van der Waals surface area contributed by atoms with Crippen molar-refractivity contribution in [3.05, 3.63) is 33.8 Å².